The van der Waals surface area contributed by atoms with Crippen molar-refractivity contribution in [2.75, 3.05) is 13.1 Å². The van der Waals surface area contributed by atoms with E-state index in [1.807, 2.05) is 19.2 Å². The lowest BCUT2D eigenvalue weighted by Gasteiger charge is -2.31. The first-order valence-corrected chi connectivity index (χ1v) is 7.36. The molecular weight excluding hydrogens is 270 g/mol. The third-order valence-electron chi connectivity index (χ3n) is 3.40. The van der Waals surface area contributed by atoms with Crippen molar-refractivity contribution in [3.8, 4) is 0 Å². The number of likely N-dealkylation sites (tertiary alicyclic amines) is 1. The molecule has 3 nitrogen and oxygen atoms in total. The molecule has 1 aromatic rings. The van der Waals surface area contributed by atoms with Crippen LogP contribution in [0.3, 0.4) is 0 Å². The average Bonchev–Trinajstić information content (AvgIpc) is 2.70. The van der Waals surface area contributed by atoms with Gasteiger partial charge in [-0.2, -0.15) is 0 Å². The summed E-state index contributed by atoms with van der Waals surface area (Å²) in [7, 11) is 0. The summed E-state index contributed by atoms with van der Waals surface area (Å²) in [6.07, 6.45) is 1.26. The van der Waals surface area contributed by atoms with Crippen molar-refractivity contribution in [1.82, 2.24) is 4.90 Å². The van der Waals surface area contributed by atoms with Gasteiger partial charge in [-0.05, 0) is 24.3 Å². The second-order valence-corrected chi connectivity index (χ2v) is 5.89. The van der Waals surface area contributed by atoms with E-state index in [4.69, 9.17) is 11.6 Å². The van der Waals surface area contributed by atoms with E-state index in [1.54, 1.807) is 4.90 Å². The van der Waals surface area contributed by atoms with Crippen LogP contribution in [0.5, 0.6) is 0 Å². The molecule has 0 aromatic carbocycles. The van der Waals surface area contributed by atoms with Gasteiger partial charge in [-0.1, -0.05) is 18.5 Å². The zero-order chi connectivity index (χ0) is 13.3. The minimum absolute atomic E-state index is 0.0115. The van der Waals surface area contributed by atoms with E-state index in [9.17, 15) is 9.59 Å². The molecule has 0 N–H and O–H groups in total. The van der Waals surface area contributed by atoms with E-state index < -0.39 is 0 Å². The zero-order valence-electron chi connectivity index (χ0n) is 10.5. The Bertz CT molecular complexity index is 483. The van der Waals surface area contributed by atoms with Crippen molar-refractivity contribution in [3.05, 3.63) is 20.8 Å². The van der Waals surface area contributed by atoms with Crippen LogP contribution in [0.4, 0.5) is 0 Å². The predicted octanol–water partition coefficient (Wildman–Crippen LogP) is 3.15. The maximum absolute atomic E-state index is 12.3. The number of amides is 1. The molecule has 1 aliphatic rings. The molecule has 1 unspecified atom stereocenters. The van der Waals surface area contributed by atoms with Gasteiger partial charge in [0.25, 0.3) is 5.91 Å². The molecule has 1 amide bonds. The molecule has 0 aliphatic carbocycles. The molecule has 0 saturated carbocycles. The molecule has 1 saturated heterocycles. The Morgan fingerprint density at radius 2 is 2.33 bits per heavy atom. The molecule has 1 atom stereocenters. The van der Waals surface area contributed by atoms with Gasteiger partial charge >= 0.3 is 0 Å². The highest BCUT2D eigenvalue weighted by molar-refractivity contribution is 7.13. The lowest BCUT2D eigenvalue weighted by atomic mass is 9.94. The van der Waals surface area contributed by atoms with Gasteiger partial charge in [-0.25, -0.2) is 0 Å². The van der Waals surface area contributed by atoms with Crippen LogP contribution in [0.25, 0.3) is 0 Å². The zero-order valence-corrected chi connectivity index (χ0v) is 12.1. The normalized spacial score (nSPS) is 20.3. The molecule has 1 aromatic heterocycles. The van der Waals surface area contributed by atoms with Crippen LogP contribution in [0.2, 0.25) is 5.02 Å². The Balaban J connectivity index is 2.15. The summed E-state index contributed by atoms with van der Waals surface area (Å²) in [5, 5.41) is 2.44. The van der Waals surface area contributed by atoms with Gasteiger partial charge in [0.05, 0.1) is 5.02 Å². The highest BCUT2D eigenvalue weighted by atomic mass is 35.5. The number of ketones is 1. The van der Waals surface area contributed by atoms with Gasteiger partial charge in [-0.15, -0.1) is 11.3 Å². The van der Waals surface area contributed by atoms with Gasteiger partial charge in [0.1, 0.15) is 10.7 Å². The second kappa shape index (κ2) is 5.41. The van der Waals surface area contributed by atoms with E-state index >= 15 is 0 Å². The van der Waals surface area contributed by atoms with Crippen LogP contribution in [0.15, 0.2) is 5.38 Å². The van der Waals surface area contributed by atoms with Crippen LogP contribution in [-0.4, -0.2) is 29.7 Å². The number of piperidine rings is 1. The standard InChI is InChI=1S/C13H16ClNO2S/c1-3-9-6-15(5-4-10(9)16)13(17)12-11(14)8(2)7-18-12/h7,9H,3-6H2,1-2H3. The van der Waals surface area contributed by atoms with Crippen molar-refractivity contribution >= 4 is 34.6 Å². The maximum Gasteiger partial charge on any atom is 0.265 e. The Labute approximate surface area is 116 Å². The molecule has 2 rings (SSSR count). The van der Waals surface area contributed by atoms with E-state index in [0.717, 1.165) is 12.0 Å². The number of aryl methyl sites for hydroxylation is 1. The first kappa shape index (κ1) is 13.6. The number of hydrogen-bond donors (Lipinski definition) is 0. The molecule has 5 heteroatoms. The number of hydrogen-bond acceptors (Lipinski definition) is 3. The third kappa shape index (κ3) is 2.45. The largest absolute Gasteiger partial charge is 0.337 e. The molecule has 2 heterocycles. The summed E-state index contributed by atoms with van der Waals surface area (Å²) >= 11 is 7.50. The highest BCUT2D eigenvalue weighted by Crippen LogP contribution is 2.29. The van der Waals surface area contributed by atoms with Gasteiger partial charge in [0.2, 0.25) is 0 Å². The Hall–Kier alpha value is -0.870. The van der Waals surface area contributed by atoms with Crippen molar-refractivity contribution in [2.24, 2.45) is 5.92 Å². The van der Waals surface area contributed by atoms with Crippen LogP contribution in [0, 0.1) is 12.8 Å². The number of nitrogens with zero attached hydrogens (tertiary/aromatic N) is 1. The average molecular weight is 286 g/mol. The van der Waals surface area contributed by atoms with Gasteiger partial charge in [-0.3, -0.25) is 9.59 Å². The summed E-state index contributed by atoms with van der Waals surface area (Å²) in [5.74, 6) is 0.224. The Morgan fingerprint density at radius 1 is 1.61 bits per heavy atom. The molecule has 0 radical (unpaired) electrons. The van der Waals surface area contributed by atoms with E-state index in [0.29, 0.717) is 29.4 Å². The fourth-order valence-corrected chi connectivity index (χ4v) is 3.41. The van der Waals surface area contributed by atoms with Crippen LogP contribution in [0.1, 0.15) is 35.0 Å². The lowest BCUT2D eigenvalue weighted by Crippen LogP contribution is -2.43. The van der Waals surface area contributed by atoms with Crippen LogP contribution >= 0.6 is 22.9 Å². The number of carbonyl (C=O) groups excluding carboxylic acids is 2. The molecule has 98 valence electrons. The molecule has 1 aliphatic heterocycles. The molecule has 0 bridgehead atoms. The summed E-state index contributed by atoms with van der Waals surface area (Å²) in [6, 6.07) is 0. The van der Waals surface area contributed by atoms with Crippen molar-refractivity contribution < 1.29 is 9.59 Å². The fraction of sp³-hybridized carbons (Fsp3) is 0.538. The number of carbonyl (C=O) groups is 2. The topological polar surface area (TPSA) is 37.4 Å². The minimum atomic E-state index is -0.0379. The molecular formula is C13H16ClNO2S. The van der Waals surface area contributed by atoms with Gasteiger partial charge in [0.15, 0.2) is 0 Å². The van der Waals surface area contributed by atoms with E-state index in [1.165, 1.54) is 11.3 Å². The first-order chi connectivity index (χ1) is 8.54. The van der Waals surface area contributed by atoms with E-state index in [-0.39, 0.29) is 17.6 Å². The summed E-state index contributed by atoms with van der Waals surface area (Å²) < 4.78 is 0. The smallest absolute Gasteiger partial charge is 0.265 e. The van der Waals surface area contributed by atoms with E-state index in [2.05, 4.69) is 0 Å². The molecule has 0 spiro atoms. The van der Waals surface area contributed by atoms with Crippen LogP contribution in [-0.2, 0) is 4.79 Å². The Kier molecular flexibility index (Phi) is 4.07. The second-order valence-electron chi connectivity index (χ2n) is 4.63. The first-order valence-electron chi connectivity index (χ1n) is 6.10. The molecule has 18 heavy (non-hydrogen) atoms. The van der Waals surface area contributed by atoms with Crippen molar-refractivity contribution in [3.63, 3.8) is 0 Å². The number of halogens is 1. The van der Waals surface area contributed by atoms with Crippen molar-refractivity contribution in [1.29, 1.82) is 0 Å². The van der Waals surface area contributed by atoms with Crippen LogP contribution < -0.4 is 0 Å². The number of thiophene rings is 1. The number of rotatable bonds is 2. The fourth-order valence-electron chi connectivity index (χ4n) is 2.17. The quantitative estimate of drug-likeness (QED) is 0.837. The SMILES string of the molecule is CCC1CN(C(=O)c2scc(C)c2Cl)CCC1=O. The minimum Gasteiger partial charge on any atom is -0.337 e. The Morgan fingerprint density at radius 3 is 2.89 bits per heavy atom. The monoisotopic (exact) mass is 285 g/mol. The maximum atomic E-state index is 12.3. The highest BCUT2D eigenvalue weighted by Gasteiger charge is 2.30. The summed E-state index contributed by atoms with van der Waals surface area (Å²) in [5.41, 5.74) is 0.935. The van der Waals surface area contributed by atoms with Gasteiger partial charge < -0.3 is 4.90 Å². The summed E-state index contributed by atoms with van der Waals surface area (Å²) in [6.45, 7) is 4.92. The van der Waals surface area contributed by atoms with Gasteiger partial charge in [0, 0.05) is 25.4 Å². The number of Topliss-reactive ketones (excluding diaryl/α,β-unsaturated/α-hetero) is 1. The molecule has 1 fully saturated rings. The lowest BCUT2D eigenvalue weighted by molar-refractivity contribution is -0.125. The predicted molar refractivity (Wildman–Crippen MR) is 73.4 cm³/mol. The summed E-state index contributed by atoms with van der Waals surface area (Å²) in [4.78, 5) is 26.3. The third-order valence-corrected chi connectivity index (χ3v) is 5.08. The van der Waals surface area contributed by atoms with Crippen molar-refractivity contribution in [2.45, 2.75) is 26.7 Å².